The van der Waals surface area contributed by atoms with Gasteiger partial charge in [0.25, 0.3) is 0 Å². The molecule has 4 aliphatic rings. The van der Waals surface area contributed by atoms with Crippen LogP contribution < -0.4 is 0 Å². The zero-order valence-electron chi connectivity index (χ0n) is 15.6. The number of rotatable bonds is 4. The van der Waals surface area contributed by atoms with Crippen LogP contribution in [0.4, 0.5) is 0 Å². The summed E-state index contributed by atoms with van der Waals surface area (Å²) in [7, 11) is 1.75. The molecule has 2 aliphatic carbocycles. The minimum absolute atomic E-state index is 0.107. The highest BCUT2D eigenvalue weighted by atomic mass is 16.7. The third-order valence-electron chi connectivity index (χ3n) is 7.82. The molecule has 0 radical (unpaired) electrons. The molecule has 4 heteroatoms. The molecule has 25 heavy (non-hydrogen) atoms. The Labute approximate surface area is 150 Å². The van der Waals surface area contributed by atoms with Gasteiger partial charge in [-0.3, -0.25) is 0 Å². The summed E-state index contributed by atoms with van der Waals surface area (Å²) in [5, 5.41) is 0. The third-order valence-corrected chi connectivity index (χ3v) is 7.82. The van der Waals surface area contributed by atoms with E-state index in [1.807, 2.05) is 6.08 Å². The summed E-state index contributed by atoms with van der Waals surface area (Å²) in [6, 6.07) is 0. The molecule has 2 fully saturated rings. The summed E-state index contributed by atoms with van der Waals surface area (Å²) in [6.45, 7) is 6.09. The van der Waals surface area contributed by atoms with Gasteiger partial charge in [-0.1, -0.05) is 26.0 Å². The van der Waals surface area contributed by atoms with Crippen molar-refractivity contribution >= 4 is 5.97 Å². The SMILES string of the molecule is CO[C@@H]1OC[C@@]23CC[C@@H](C)[C@](C)(CCC4=CCOC4=O)[C@H]2CC=C[C@@H]13. The van der Waals surface area contributed by atoms with Crippen LogP contribution in [0, 0.1) is 28.6 Å². The van der Waals surface area contributed by atoms with Crippen molar-refractivity contribution in [2.24, 2.45) is 28.6 Å². The molecule has 0 aromatic rings. The minimum atomic E-state index is -0.119. The topological polar surface area (TPSA) is 44.8 Å². The van der Waals surface area contributed by atoms with E-state index in [9.17, 15) is 4.79 Å². The predicted molar refractivity (Wildman–Crippen MR) is 94.7 cm³/mol. The Morgan fingerprint density at radius 3 is 2.96 bits per heavy atom. The Kier molecular flexibility index (Phi) is 4.32. The first-order valence-corrected chi connectivity index (χ1v) is 9.68. The normalized spacial score (nSPS) is 45.7. The van der Waals surface area contributed by atoms with Crippen LogP contribution in [0.25, 0.3) is 0 Å². The minimum Gasteiger partial charge on any atom is -0.458 e. The number of carbonyl (C=O) groups is 1. The first-order valence-electron chi connectivity index (χ1n) is 9.68. The van der Waals surface area contributed by atoms with E-state index in [1.54, 1.807) is 7.11 Å². The predicted octanol–water partition coefficient (Wildman–Crippen LogP) is 3.87. The quantitative estimate of drug-likeness (QED) is 0.573. The van der Waals surface area contributed by atoms with Crippen LogP contribution >= 0.6 is 0 Å². The lowest BCUT2D eigenvalue weighted by atomic mass is 9.46. The molecule has 0 aromatic heterocycles. The van der Waals surface area contributed by atoms with E-state index in [-0.39, 0.29) is 23.1 Å². The van der Waals surface area contributed by atoms with E-state index in [0.717, 1.165) is 31.4 Å². The van der Waals surface area contributed by atoms with Gasteiger partial charge in [0, 0.05) is 24.0 Å². The smallest absolute Gasteiger partial charge is 0.334 e. The molecule has 0 amide bonds. The summed E-state index contributed by atoms with van der Waals surface area (Å²) in [5.74, 6) is 1.47. The van der Waals surface area contributed by atoms with Crippen LogP contribution in [0.2, 0.25) is 0 Å². The van der Waals surface area contributed by atoms with Crippen LogP contribution in [-0.2, 0) is 19.0 Å². The zero-order chi connectivity index (χ0) is 17.7. The number of esters is 1. The molecule has 0 bridgehead atoms. The average molecular weight is 346 g/mol. The van der Waals surface area contributed by atoms with Gasteiger partial charge in [-0.15, -0.1) is 0 Å². The van der Waals surface area contributed by atoms with Crippen LogP contribution in [0.15, 0.2) is 23.8 Å². The molecule has 0 N–H and O–H groups in total. The van der Waals surface area contributed by atoms with Crippen LogP contribution in [-0.4, -0.2) is 32.6 Å². The van der Waals surface area contributed by atoms with Gasteiger partial charge >= 0.3 is 5.97 Å². The lowest BCUT2D eigenvalue weighted by Crippen LogP contribution is -2.53. The van der Waals surface area contributed by atoms with Gasteiger partial charge in [0.1, 0.15) is 6.61 Å². The Morgan fingerprint density at radius 1 is 1.40 bits per heavy atom. The number of ether oxygens (including phenoxy) is 3. The van der Waals surface area contributed by atoms with Crippen LogP contribution in [0.1, 0.15) is 46.0 Å². The van der Waals surface area contributed by atoms with Crippen molar-refractivity contribution in [1.29, 1.82) is 0 Å². The Morgan fingerprint density at radius 2 is 2.24 bits per heavy atom. The van der Waals surface area contributed by atoms with E-state index in [2.05, 4.69) is 26.0 Å². The van der Waals surface area contributed by atoms with E-state index in [1.165, 1.54) is 12.8 Å². The number of methoxy groups -OCH3 is 1. The van der Waals surface area contributed by atoms with E-state index < -0.39 is 0 Å². The number of carbonyl (C=O) groups excluding carboxylic acids is 1. The summed E-state index contributed by atoms with van der Waals surface area (Å²) in [5.41, 5.74) is 1.27. The lowest BCUT2D eigenvalue weighted by molar-refractivity contribution is -0.136. The van der Waals surface area contributed by atoms with Gasteiger partial charge in [-0.2, -0.15) is 0 Å². The molecule has 2 heterocycles. The van der Waals surface area contributed by atoms with Crippen molar-refractivity contribution in [2.75, 3.05) is 20.3 Å². The standard InChI is InChI=1S/C21H30O4/c1-14-7-11-21-13-25-19(23-3)16(21)5-4-6-17(21)20(14,2)10-8-15-9-12-24-18(15)22/h4-5,9,14,16-17,19H,6-8,10-13H2,1-3H3/t14-,16+,17-,19-,20+,21-/m1/s1. The molecule has 138 valence electrons. The fourth-order valence-electron chi connectivity index (χ4n) is 6.05. The molecule has 1 spiro atoms. The second kappa shape index (κ2) is 6.24. The lowest BCUT2D eigenvalue weighted by Gasteiger charge is -2.58. The highest BCUT2D eigenvalue weighted by molar-refractivity contribution is 5.90. The summed E-state index contributed by atoms with van der Waals surface area (Å²) >= 11 is 0. The van der Waals surface area contributed by atoms with Crippen molar-refractivity contribution in [3.8, 4) is 0 Å². The first-order chi connectivity index (χ1) is 12.0. The van der Waals surface area contributed by atoms with Crippen molar-refractivity contribution in [3.63, 3.8) is 0 Å². The van der Waals surface area contributed by atoms with Crippen molar-refractivity contribution < 1.29 is 19.0 Å². The average Bonchev–Trinajstić information content (AvgIpc) is 3.19. The molecule has 0 aromatic carbocycles. The summed E-state index contributed by atoms with van der Waals surface area (Å²) in [6.07, 6.45) is 11.9. The molecule has 6 atom stereocenters. The largest absolute Gasteiger partial charge is 0.458 e. The van der Waals surface area contributed by atoms with Gasteiger partial charge in [0.15, 0.2) is 6.29 Å². The molecule has 2 aliphatic heterocycles. The van der Waals surface area contributed by atoms with Gasteiger partial charge in [-0.05, 0) is 55.4 Å². The number of allylic oxidation sites excluding steroid dienone is 1. The highest BCUT2D eigenvalue weighted by Gasteiger charge is 2.61. The van der Waals surface area contributed by atoms with E-state index in [0.29, 0.717) is 24.4 Å². The second-order valence-electron chi connectivity index (χ2n) is 8.66. The fourth-order valence-corrected chi connectivity index (χ4v) is 6.05. The second-order valence-corrected chi connectivity index (χ2v) is 8.66. The Bertz CT molecular complexity index is 609. The highest BCUT2D eigenvalue weighted by Crippen LogP contribution is 2.64. The van der Waals surface area contributed by atoms with Crippen LogP contribution in [0.5, 0.6) is 0 Å². The molecule has 1 saturated heterocycles. The molecule has 0 unspecified atom stereocenters. The van der Waals surface area contributed by atoms with Gasteiger partial charge in [0.2, 0.25) is 0 Å². The van der Waals surface area contributed by atoms with E-state index >= 15 is 0 Å². The zero-order valence-corrected chi connectivity index (χ0v) is 15.6. The maximum Gasteiger partial charge on any atom is 0.334 e. The fraction of sp³-hybridized carbons (Fsp3) is 0.762. The van der Waals surface area contributed by atoms with Crippen LogP contribution in [0.3, 0.4) is 0 Å². The molecular weight excluding hydrogens is 316 g/mol. The first kappa shape index (κ1) is 17.3. The summed E-state index contributed by atoms with van der Waals surface area (Å²) in [4.78, 5) is 11.8. The molecular formula is C21H30O4. The summed E-state index contributed by atoms with van der Waals surface area (Å²) < 4.78 is 16.8. The van der Waals surface area contributed by atoms with Crippen molar-refractivity contribution in [2.45, 2.75) is 52.2 Å². The monoisotopic (exact) mass is 346 g/mol. The number of cyclic esters (lactones) is 1. The number of hydrogen-bond acceptors (Lipinski definition) is 4. The maximum absolute atomic E-state index is 11.8. The maximum atomic E-state index is 11.8. The van der Waals surface area contributed by atoms with Gasteiger partial charge < -0.3 is 14.2 Å². The number of hydrogen-bond donors (Lipinski definition) is 0. The molecule has 4 nitrogen and oxygen atoms in total. The molecule has 1 saturated carbocycles. The van der Waals surface area contributed by atoms with E-state index in [4.69, 9.17) is 14.2 Å². The molecule has 4 rings (SSSR count). The van der Waals surface area contributed by atoms with Crippen molar-refractivity contribution in [1.82, 2.24) is 0 Å². The van der Waals surface area contributed by atoms with Gasteiger partial charge in [-0.25, -0.2) is 4.79 Å². The van der Waals surface area contributed by atoms with Crippen molar-refractivity contribution in [3.05, 3.63) is 23.8 Å². The Hall–Kier alpha value is -1.13. The van der Waals surface area contributed by atoms with Gasteiger partial charge in [0.05, 0.1) is 6.61 Å². The third kappa shape index (κ3) is 2.52. The Balaban J connectivity index is 1.61.